The van der Waals surface area contributed by atoms with Gasteiger partial charge in [0.1, 0.15) is 0 Å². The summed E-state index contributed by atoms with van der Waals surface area (Å²) in [4.78, 5) is 33.7. The van der Waals surface area contributed by atoms with Crippen LogP contribution in [0.4, 0.5) is 13.2 Å². The average molecular weight is 604 g/mol. The lowest BCUT2D eigenvalue weighted by Crippen LogP contribution is -2.31. The maximum absolute atomic E-state index is 14.1. The Balaban J connectivity index is 1.30. The fourth-order valence-corrected chi connectivity index (χ4v) is 5.80. The number of alkyl halides is 3. The standard InChI is InChI=1S/C35H36F3N3O3/c1-22-5-6-23(13-25(22)8-7-24-14-28-16-29(34(43)44-4)18-32(28)39-19-24)15-33(42)26-9-10-27(31(17-26)35(36,37)38)20-41-12-11-30(21-41)40(2)3/h5-10,13-14,16-17,19,30H,11-12,15,18,20-21H2,1-4H3. The first-order chi connectivity index (χ1) is 20.9. The average Bonchev–Trinajstić information content (AvgIpc) is 3.64. The second-order valence-corrected chi connectivity index (χ2v) is 11.8. The molecule has 1 aromatic heterocycles. The SMILES string of the molecule is COC(=O)C1=Cc2cc(C=Cc3cc(CC(=O)c4ccc(CN5CCC(N(C)C)C5)c(C(F)(F)F)c4)ccc3C)cnc2C1. The Hall–Kier alpha value is -4.08. The van der Waals surface area contributed by atoms with Gasteiger partial charge < -0.3 is 9.64 Å². The van der Waals surface area contributed by atoms with E-state index in [2.05, 4.69) is 9.88 Å². The van der Waals surface area contributed by atoms with Gasteiger partial charge in [0.05, 0.1) is 18.4 Å². The Morgan fingerprint density at radius 3 is 2.61 bits per heavy atom. The molecule has 2 heterocycles. The molecule has 1 aliphatic heterocycles. The van der Waals surface area contributed by atoms with Crippen molar-refractivity contribution in [3.05, 3.63) is 104 Å². The van der Waals surface area contributed by atoms with Crippen molar-refractivity contribution >= 4 is 30.0 Å². The monoisotopic (exact) mass is 603 g/mol. The van der Waals surface area contributed by atoms with Gasteiger partial charge in [-0.3, -0.25) is 14.7 Å². The molecule has 5 rings (SSSR count). The zero-order chi connectivity index (χ0) is 31.6. The van der Waals surface area contributed by atoms with Crippen LogP contribution < -0.4 is 0 Å². The van der Waals surface area contributed by atoms with E-state index in [-0.39, 0.29) is 35.8 Å². The van der Waals surface area contributed by atoms with Crippen molar-refractivity contribution in [2.24, 2.45) is 0 Å². The van der Waals surface area contributed by atoms with Gasteiger partial charge in [0, 0.05) is 55.9 Å². The van der Waals surface area contributed by atoms with Crippen molar-refractivity contribution in [3.8, 4) is 0 Å². The van der Waals surface area contributed by atoms with Crippen LogP contribution >= 0.6 is 0 Å². The summed E-state index contributed by atoms with van der Waals surface area (Å²) in [7, 11) is 5.32. The topological polar surface area (TPSA) is 62.7 Å². The van der Waals surface area contributed by atoms with Gasteiger partial charge in [0.15, 0.2) is 5.78 Å². The van der Waals surface area contributed by atoms with Crippen LogP contribution in [0.25, 0.3) is 18.2 Å². The van der Waals surface area contributed by atoms with E-state index >= 15 is 0 Å². The van der Waals surface area contributed by atoms with Crippen LogP contribution in [0.1, 0.15) is 61.4 Å². The molecule has 44 heavy (non-hydrogen) atoms. The maximum Gasteiger partial charge on any atom is 0.416 e. The highest BCUT2D eigenvalue weighted by atomic mass is 19.4. The molecule has 1 atom stereocenters. The van der Waals surface area contributed by atoms with Crippen LogP contribution in [-0.4, -0.2) is 66.9 Å². The lowest BCUT2D eigenvalue weighted by molar-refractivity contribution is -0.138. The van der Waals surface area contributed by atoms with Crippen molar-refractivity contribution in [2.45, 2.75) is 44.9 Å². The van der Waals surface area contributed by atoms with E-state index in [1.165, 1.54) is 19.2 Å². The molecule has 6 nitrogen and oxygen atoms in total. The number of fused-ring (bicyclic) bond motifs is 1. The van der Waals surface area contributed by atoms with Gasteiger partial charge in [-0.1, -0.05) is 42.5 Å². The molecular weight excluding hydrogens is 567 g/mol. The molecule has 0 spiro atoms. The van der Waals surface area contributed by atoms with Gasteiger partial charge in [0.25, 0.3) is 0 Å². The molecule has 0 amide bonds. The number of likely N-dealkylation sites (tertiary alicyclic amines) is 1. The van der Waals surface area contributed by atoms with Gasteiger partial charge >= 0.3 is 12.1 Å². The highest BCUT2D eigenvalue weighted by Crippen LogP contribution is 2.34. The molecule has 2 aliphatic rings. The molecule has 2 aromatic carbocycles. The third-order valence-electron chi connectivity index (χ3n) is 8.43. The van der Waals surface area contributed by atoms with Crippen molar-refractivity contribution in [1.29, 1.82) is 0 Å². The van der Waals surface area contributed by atoms with Crippen LogP contribution in [0.2, 0.25) is 0 Å². The third-order valence-corrected chi connectivity index (χ3v) is 8.43. The molecule has 1 saturated heterocycles. The number of rotatable bonds is 9. The minimum atomic E-state index is -4.56. The number of carbonyl (C=O) groups is 2. The van der Waals surface area contributed by atoms with E-state index in [0.29, 0.717) is 30.1 Å². The highest BCUT2D eigenvalue weighted by molar-refractivity contribution is 5.98. The number of hydrogen-bond acceptors (Lipinski definition) is 6. The normalized spacial score (nSPS) is 16.9. The van der Waals surface area contributed by atoms with Crippen LogP contribution in [-0.2, 0) is 35.1 Å². The highest BCUT2D eigenvalue weighted by Gasteiger charge is 2.35. The van der Waals surface area contributed by atoms with Gasteiger partial charge in [0.2, 0.25) is 0 Å². The summed E-state index contributed by atoms with van der Waals surface area (Å²) in [5, 5.41) is 0. The molecule has 9 heteroatoms. The molecule has 230 valence electrons. The number of nitrogens with zero attached hydrogens (tertiary/aromatic N) is 3. The fraction of sp³-hybridized carbons (Fsp3) is 0.343. The number of pyridine rings is 1. The van der Waals surface area contributed by atoms with Gasteiger partial charge in [-0.05, 0) is 79.0 Å². The quantitative estimate of drug-likeness (QED) is 0.213. The molecule has 0 saturated carbocycles. The van der Waals surface area contributed by atoms with E-state index in [4.69, 9.17) is 4.74 Å². The number of likely N-dealkylation sites (N-methyl/N-ethyl adjacent to an activating group) is 1. The number of halogens is 3. The number of methoxy groups -OCH3 is 1. The number of carbonyl (C=O) groups excluding carboxylic acids is 2. The Kier molecular flexibility index (Phi) is 9.18. The predicted octanol–water partition coefficient (Wildman–Crippen LogP) is 6.25. The zero-order valence-corrected chi connectivity index (χ0v) is 25.4. The minimum Gasteiger partial charge on any atom is -0.466 e. The van der Waals surface area contributed by atoms with Crippen LogP contribution in [0.3, 0.4) is 0 Å². The van der Waals surface area contributed by atoms with Crippen molar-refractivity contribution in [1.82, 2.24) is 14.8 Å². The van der Waals surface area contributed by atoms with Crippen LogP contribution in [0.5, 0.6) is 0 Å². The van der Waals surface area contributed by atoms with E-state index in [0.717, 1.165) is 47.0 Å². The molecule has 0 radical (unpaired) electrons. The summed E-state index contributed by atoms with van der Waals surface area (Å²) in [5.74, 6) is -0.737. The molecular formula is C35H36F3N3O3. The molecule has 0 N–H and O–H groups in total. The summed E-state index contributed by atoms with van der Waals surface area (Å²) >= 11 is 0. The second-order valence-electron chi connectivity index (χ2n) is 11.8. The lowest BCUT2D eigenvalue weighted by Gasteiger charge is -2.22. The number of hydrogen-bond donors (Lipinski definition) is 0. The van der Waals surface area contributed by atoms with E-state index in [1.54, 1.807) is 12.3 Å². The number of Topliss-reactive ketones (excluding diaryl/α,β-unsaturated/α-hetero) is 1. The Labute approximate surface area is 255 Å². The lowest BCUT2D eigenvalue weighted by atomic mass is 9.96. The Morgan fingerprint density at radius 2 is 1.91 bits per heavy atom. The fourth-order valence-electron chi connectivity index (χ4n) is 5.80. The molecule has 1 unspecified atom stereocenters. The van der Waals surface area contributed by atoms with Gasteiger partial charge in [-0.25, -0.2) is 4.79 Å². The summed E-state index contributed by atoms with van der Waals surface area (Å²) in [6, 6.07) is 11.9. The number of aromatic nitrogens is 1. The molecule has 3 aromatic rings. The zero-order valence-electron chi connectivity index (χ0n) is 25.4. The van der Waals surface area contributed by atoms with Crippen LogP contribution in [0, 0.1) is 6.92 Å². The van der Waals surface area contributed by atoms with Crippen molar-refractivity contribution < 1.29 is 27.5 Å². The number of esters is 1. The van der Waals surface area contributed by atoms with E-state index < -0.39 is 11.7 Å². The summed E-state index contributed by atoms with van der Waals surface area (Å²) < 4.78 is 47.1. The van der Waals surface area contributed by atoms with Crippen LogP contribution in [0.15, 0.2) is 54.2 Å². The first kappa shape index (κ1) is 31.3. The van der Waals surface area contributed by atoms with Gasteiger partial charge in [-0.15, -0.1) is 0 Å². The smallest absolute Gasteiger partial charge is 0.416 e. The number of ketones is 1. The molecule has 1 aliphatic carbocycles. The Morgan fingerprint density at radius 1 is 1.11 bits per heavy atom. The summed E-state index contributed by atoms with van der Waals surface area (Å²) in [6.07, 6.45) is 4.11. The summed E-state index contributed by atoms with van der Waals surface area (Å²) in [5.41, 5.74) is 5.16. The maximum atomic E-state index is 14.1. The first-order valence-electron chi connectivity index (χ1n) is 14.6. The first-order valence-corrected chi connectivity index (χ1v) is 14.6. The summed E-state index contributed by atoms with van der Waals surface area (Å²) in [6.45, 7) is 3.60. The predicted molar refractivity (Wildman–Crippen MR) is 165 cm³/mol. The molecule has 0 bridgehead atoms. The Bertz CT molecular complexity index is 1640. The van der Waals surface area contributed by atoms with Crippen molar-refractivity contribution in [3.63, 3.8) is 0 Å². The van der Waals surface area contributed by atoms with Crippen molar-refractivity contribution in [2.75, 3.05) is 34.3 Å². The minimum absolute atomic E-state index is 0.0180. The molecule has 1 fully saturated rings. The van der Waals surface area contributed by atoms with Gasteiger partial charge in [-0.2, -0.15) is 13.2 Å². The van der Waals surface area contributed by atoms with E-state index in [1.807, 2.05) is 62.3 Å². The number of aryl methyl sites for hydroxylation is 1. The number of ether oxygens (including phenoxy) is 1. The third kappa shape index (κ3) is 7.17. The number of benzene rings is 2. The second kappa shape index (κ2) is 12.9. The van der Waals surface area contributed by atoms with E-state index in [9.17, 15) is 22.8 Å². The largest absolute Gasteiger partial charge is 0.466 e.